The fraction of sp³-hybridized carbons (Fsp3) is 0.304. The lowest BCUT2D eigenvalue weighted by atomic mass is 9.95. The third-order valence-corrected chi connectivity index (χ3v) is 5.46. The maximum absolute atomic E-state index is 12.9. The van der Waals surface area contributed by atoms with Crippen LogP contribution in [0.1, 0.15) is 36.9 Å². The van der Waals surface area contributed by atoms with E-state index < -0.39 is 17.7 Å². The molecule has 158 valence electrons. The summed E-state index contributed by atoms with van der Waals surface area (Å²) in [6.45, 7) is 2.43. The number of nitrogens with zero attached hydrogens (tertiary/aromatic N) is 1. The van der Waals surface area contributed by atoms with Gasteiger partial charge in [-0.2, -0.15) is 0 Å². The number of ketones is 1. The van der Waals surface area contributed by atoms with Gasteiger partial charge in [-0.1, -0.05) is 37.1 Å². The van der Waals surface area contributed by atoms with Gasteiger partial charge in [0.1, 0.15) is 17.3 Å². The number of amides is 1. The van der Waals surface area contributed by atoms with Gasteiger partial charge in [0.2, 0.25) is 0 Å². The molecule has 1 fully saturated rings. The Hall–Kier alpha value is -2.99. The number of unbranched alkanes of at least 4 members (excludes halogenated alkanes) is 1. The molecule has 3 rings (SSSR count). The van der Waals surface area contributed by atoms with Crippen molar-refractivity contribution in [2.75, 3.05) is 20.8 Å². The molecular formula is C23H24ClNO5. The summed E-state index contributed by atoms with van der Waals surface area (Å²) in [5.41, 5.74) is 1.11. The van der Waals surface area contributed by atoms with Crippen molar-refractivity contribution in [2.24, 2.45) is 0 Å². The lowest BCUT2D eigenvalue weighted by Crippen LogP contribution is -2.30. The number of Topliss-reactive ketones (excluding diaryl/α,β-unsaturated/α-hetero) is 1. The molecule has 7 heteroatoms. The van der Waals surface area contributed by atoms with Crippen LogP contribution in [0, 0.1) is 0 Å². The summed E-state index contributed by atoms with van der Waals surface area (Å²) in [5.74, 6) is -0.568. The van der Waals surface area contributed by atoms with Crippen molar-refractivity contribution >= 4 is 29.1 Å². The van der Waals surface area contributed by atoms with E-state index in [9.17, 15) is 14.7 Å². The topological polar surface area (TPSA) is 76.1 Å². The number of methoxy groups -OCH3 is 2. The third kappa shape index (κ3) is 4.00. The number of benzene rings is 2. The van der Waals surface area contributed by atoms with Crippen LogP contribution >= 0.6 is 11.6 Å². The molecule has 0 bridgehead atoms. The second kappa shape index (κ2) is 9.22. The maximum atomic E-state index is 12.9. The highest BCUT2D eigenvalue weighted by Gasteiger charge is 2.45. The molecule has 1 amide bonds. The number of hydrogen-bond donors (Lipinski definition) is 1. The van der Waals surface area contributed by atoms with Crippen LogP contribution in [0.15, 0.2) is 48.0 Å². The van der Waals surface area contributed by atoms with E-state index in [-0.39, 0.29) is 11.3 Å². The number of carbonyl (C=O) groups excluding carboxylic acids is 2. The Morgan fingerprint density at radius 1 is 1.10 bits per heavy atom. The molecule has 1 atom stereocenters. The number of halogens is 1. The molecule has 0 radical (unpaired) electrons. The summed E-state index contributed by atoms with van der Waals surface area (Å²) in [7, 11) is 3.03. The summed E-state index contributed by atoms with van der Waals surface area (Å²) in [5, 5.41) is 11.4. The Bertz CT molecular complexity index is 984. The predicted molar refractivity (Wildman–Crippen MR) is 115 cm³/mol. The molecule has 0 aliphatic carbocycles. The van der Waals surface area contributed by atoms with Crippen LogP contribution in [0.4, 0.5) is 0 Å². The number of likely N-dealkylation sites (tertiary alicyclic amines) is 1. The second-order valence-electron chi connectivity index (χ2n) is 6.97. The molecule has 0 saturated carbocycles. The largest absolute Gasteiger partial charge is 0.507 e. The molecule has 1 aliphatic heterocycles. The normalized spacial score (nSPS) is 18.0. The molecule has 1 unspecified atom stereocenters. The van der Waals surface area contributed by atoms with Crippen molar-refractivity contribution in [3.05, 3.63) is 64.2 Å². The van der Waals surface area contributed by atoms with Crippen molar-refractivity contribution in [1.29, 1.82) is 0 Å². The van der Waals surface area contributed by atoms with Crippen molar-refractivity contribution in [1.82, 2.24) is 4.90 Å². The van der Waals surface area contributed by atoms with E-state index in [2.05, 4.69) is 0 Å². The van der Waals surface area contributed by atoms with Gasteiger partial charge >= 0.3 is 0 Å². The molecule has 2 aromatic carbocycles. The first-order valence-electron chi connectivity index (χ1n) is 9.69. The number of aliphatic hydroxyl groups excluding tert-OH is 1. The van der Waals surface area contributed by atoms with Crippen molar-refractivity contribution in [2.45, 2.75) is 25.8 Å². The van der Waals surface area contributed by atoms with Gasteiger partial charge in [-0.05, 0) is 42.3 Å². The number of aliphatic hydroxyl groups is 1. The van der Waals surface area contributed by atoms with Gasteiger partial charge in [-0.25, -0.2) is 0 Å². The van der Waals surface area contributed by atoms with Gasteiger partial charge in [-0.15, -0.1) is 0 Å². The zero-order valence-corrected chi connectivity index (χ0v) is 17.9. The Morgan fingerprint density at radius 3 is 2.40 bits per heavy atom. The zero-order chi connectivity index (χ0) is 21.8. The first-order chi connectivity index (χ1) is 14.4. The standard InChI is InChI=1S/C23H24ClNO5/c1-4-5-12-25-20(14-6-9-16(29-2)10-7-14)19(22(27)23(25)28)21(26)15-8-11-17(24)18(13-15)30-3/h6-11,13,20,26H,4-5,12H2,1-3H3/b21-19-. The fourth-order valence-corrected chi connectivity index (χ4v) is 3.73. The molecule has 30 heavy (non-hydrogen) atoms. The van der Waals surface area contributed by atoms with E-state index in [0.717, 1.165) is 12.8 Å². The predicted octanol–water partition coefficient (Wildman–Crippen LogP) is 4.58. The van der Waals surface area contributed by atoms with Crippen LogP contribution in [0.2, 0.25) is 5.02 Å². The Kier molecular flexibility index (Phi) is 6.67. The average Bonchev–Trinajstić information content (AvgIpc) is 3.02. The second-order valence-corrected chi connectivity index (χ2v) is 7.38. The number of carbonyl (C=O) groups is 2. The molecular weight excluding hydrogens is 406 g/mol. The van der Waals surface area contributed by atoms with E-state index in [1.807, 2.05) is 6.92 Å². The fourth-order valence-electron chi connectivity index (χ4n) is 3.53. The van der Waals surface area contributed by atoms with E-state index in [1.165, 1.54) is 12.0 Å². The molecule has 0 spiro atoms. The molecule has 6 nitrogen and oxygen atoms in total. The van der Waals surface area contributed by atoms with Gasteiger partial charge in [0, 0.05) is 12.1 Å². The van der Waals surface area contributed by atoms with Crippen LogP contribution in [0.25, 0.3) is 5.76 Å². The maximum Gasteiger partial charge on any atom is 0.295 e. The summed E-state index contributed by atoms with van der Waals surface area (Å²) in [6, 6.07) is 11.1. The molecule has 1 N–H and O–H groups in total. The Morgan fingerprint density at radius 2 is 1.80 bits per heavy atom. The Balaban J connectivity index is 2.16. The minimum Gasteiger partial charge on any atom is -0.507 e. The first-order valence-corrected chi connectivity index (χ1v) is 10.1. The van der Waals surface area contributed by atoms with Crippen LogP contribution in [0.5, 0.6) is 11.5 Å². The monoisotopic (exact) mass is 429 g/mol. The van der Waals surface area contributed by atoms with Gasteiger partial charge in [0.05, 0.1) is 30.9 Å². The number of hydrogen-bond acceptors (Lipinski definition) is 5. The smallest absolute Gasteiger partial charge is 0.295 e. The van der Waals surface area contributed by atoms with Crippen molar-refractivity contribution < 1.29 is 24.2 Å². The molecule has 2 aromatic rings. The summed E-state index contributed by atoms with van der Waals surface area (Å²) in [4.78, 5) is 27.3. The molecule has 1 aliphatic rings. The van der Waals surface area contributed by atoms with Crippen molar-refractivity contribution in [3.63, 3.8) is 0 Å². The number of ether oxygens (including phenoxy) is 2. The third-order valence-electron chi connectivity index (χ3n) is 5.15. The number of rotatable bonds is 7. The van der Waals surface area contributed by atoms with Crippen LogP contribution in [-0.2, 0) is 9.59 Å². The van der Waals surface area contributed by atoms with Gasteiger partial charge in [0.15, 0.2) is 0 Å². The van der Waals surface area contributed by atoms with Crippen LogP contribution in [-0.4, -0.2) is 42.5 Å². The van der Waals surface area contributed by atoms with E-state index in [4.69, 9.17) is 21.1 Å². The summed E-state index contributed by atoms with van der Waals surface area (Å²) < 4.78 is 10.4. The molecule has 1 heterocycles. The lowest BCUT2D eigenvalue weighted by molar-refractivity contribution is -0.139. The quantitative estimate of drug-likeness (QED) is 0.396. The minimum absolute atomic E-state index is 0.0469. The molecule has 0 aromatic heterocycles. The van der Waals surface area contributed by atoms with Crippen LogP contribution in [0.3, 0.4) is 0 Å². The minimum atomic E-state index is -0.710. The van der Waals surface area contributed by atoms with Gasteiger partial charge in [0.25, 0.3) is 11.7 Å². The Labute approximate surface area is 180 Å². The van der Waals surface area contributed by atoms with E-state index in [0.29, 0.717) is 34.2 Å². The highest BCUT2D eigenvalue weighted by molar-refractivity contribution is 6.46. The summed E-state index contributed by atoms with van der Waals surface area (Å²) in [6.07, 6.45) is 1.61. The van der Waals surface area contributed by atoms with Gasteiger partial charge in [-0.3, -0.25) is 9.59 Å². The van der Waals surface area contributed by atoms with E-state index in [1.54, 1.807) is 49.6 Å². The SMILES string of the molecule is CCCCN1C(=O)C(=O)/C(=C(\O)c2ccc(Cl)c(OC)c2)C1c1ccc(OC)cc1. The lowest BCUT2D eigenvalue weighted by Gasteiger charge is -2.25. The van der Waals surface area contributed by atoms with Gasteiger partial charge < -0.3 is 19.5 Å². The molecule has 1 saturated heterocycles. The van der Waals surface area contributed by atoms with Crippen molar-refractivity contribution in [3.8, 4) is 11.5 Å². The average molecular weight is 430 g/mol. The highest BCUT2D eigenvalue weighted by atomic mass is 35.5. The first kappa shape index (κ1) is 21.7. The zero-order valence-electron chi connectivity index (χ0n) is 17.1. The van der Waals surface area contributed by atoms with E-state index >= 15 is 0 Å². The highest BCUT2D eigenvalue weighted by Crippen LogP contribution is 2.40. The van der Waals surface area contributed by atoms with Crippen LogP contribution < -0.4 is 9.47 Å². The summed E-state index contributed by atoms with van der Waals surface area (Å²) >= 11 is 6.08.